The SMILES string of the molecule is CC(C)CCNCCC(=O)NCC1CCCO1. The van der Waals surface area contributed by atoms with E-state index in [9.17, 15) is 4.79 Å². The van der Waals surface area contributed by atoms with Gasteiger partial charge in [-0.25, -0.2) is 0 Å². The van der Waals surface area contributed by atoms with E-state index in [-0.39, 0.29) is 12.0 Å². The van der Waals surface area contributed by atoms with Crippen molar-refractivity contribution in [1.29, 1.82) is 0 Å². The first-order chi connectivity index (χ1) is 8.18. The highest BCUT2D eigenvalue weighted by Crippen LogP contribution is 2.10. The molecule has 0 aliphatic carbocycles. The molecule has 1 aliphatic rings. The second kappa shape index (κ2) is 8.48. The molecule has 1 amide bonds. The molecule has 1 fully saturated rings. The number of hydrogen-bond acceptors (Lipinski definition) is 3. The zero-order chi connectivity index (χ0) is 12.5. The normalized spacial score (nSPS) is 19.8. The molecule has 1 unspecified atom stereocenters. The van der Waals surface area contributed by atoms with Gasteiger partial charge in [-0.1, -0.05) is 13.8 Å². The third-order valence-electron chi connectivity index (χ3n) is 2.98. The predicted molar refractivity (Wildman–Crippen MR) is 68.9 cm³/mol. The number of amides is 1. The summed E-state index contributed by atoms with van der Waals surface area (Å²) in [6.07, 6.45) is 4.17. The summed E-state index contributed by atoms with van der Waals surface area (Å²) in [6, 6.07) is 0. The average molecular weight is 242 g/mol. The summed E-state index contributed by atoms with van der Waals surface area (Å²) >= 11 is 0. The van der Waals surface area contributed by atoms with Gasteiger partial charge in [-0.05, 0) is 31.7 Å². The van der Waals surface area contributed by atoms with Gasteiger partial charge in [0.1, 0.15) is 0 Å². The van der Waals surface area contributed by atoms with Crippen molar-refractivity contribution < 1.29 is 9.53 Å². The van der Waals surface area contributed by atoms with E-state index in [4.69, 9.17) is 4.74 Å². The minimum atomic E-state index is 0.123. The number of hydrogen-bond donors (Lipinski definition) is 2. The van der Waals surface area contributed by atoms with Crippen LogP contribution in [0.15, 0.2) is 0 Å². The molecule has 1 aliphatic heterocycles. The largest absolute Gasteiger partial charge is 0.376 e. The minimum Gasteiger partial charge on any atom is -0.376 e. The third kappa shape index (κ3) is 7.34. The molecule has 1 saturated heterocycles. The van der Waals surface area contributed by atoms with Crippen molar-refractivity contribution in [2.75, 3.05) is 26.2 Å². The number of rotatable bonds is 8. The summed E-state index contributed by atoms with van der Waals surface area (Å²) in [4.78, 5) is 11.5. The Kier molecular flexibility index (Phi) is 7.21. The standard InChI is InChI=1S/C13H26N2O2/c1-11(2)5-7-14-8-6-13(16)15-10-12-4-3-9-17-12/h11-12,14H,3-10H2,1-2H3,(H,15,16). The molecular weight excluding hydrogens is 216 g/mol. The summed E-state index contributed by atoms with van der Waals surface area (Å²) in [5.74, 6) is 0.841. The average Bonchev–Trinajstić information content (AvgIpc) is 2.78. The van der Waals surface area contributed by atoms with Crippen LogP contribution < -0.4 is 10.6 Å². The summed E-state index contributed by atoms with van der Waals surface area (Å²) < 4.78 is 5.44. The fourth-order valence-corrected chi connectivity index (χ4v) is 1.84. The van der Waals surface area contributed by atoms with Gasteiger partial charge in [0, 0.05) is 26.1 Å². The molecule has 1 atom stereocenters. The van der Waals surface area contributed by atoms with Gasteiger partial charge < -0.3 is 15.4 Å². The molecule has 0 aromatic heterocycles. The molecular formula is C13H26N2O2. The lowest BCUT2D eigenvalue weighted by atomic mass is 10.1. The van der Waals surface area contributed by atoms with Crippen molar-refractivity contribution >= 4 is 5.91 Å². The van der Waals surface area contributed by atoms with E-state index in [0.717, 1.165) is 44.9 Å². The third-order valence-corrected chi connectivity index (χ3v) is 2.98. The van der Waals surface area contributed by atoms with Gasteiger partial charge in [0.05, 0.1) is 6.10 Å². The first-order valence-corrected chi connectivity index (χ1v) is 6.77. The maximum absolute atomic E-state index is 11.5. The van der Waals surface area contributed by atoms with Gasteiger partial charge in [-0.15, -0.1) is 0 Å². The van der Waals surface area contributed by atoms with Gasteiger partial charge in [-0.2, -0.15) is 0 Å². The molecule has 0 saturated carbocycles. The highest BCUT2D eigenvalue weighted by atomic mass is 16.5. The first kappa shape index (κ1) is 14.5. The van der Waals surface area contributed by atoms with E-state index in [2.05, 4.69) is 24.5 Å². The maximum atomic E-state index is 11.5. The smallest absolute Gasteiger partial charge is 0.221 e. The minimum absolute atomic E-state index is 0.123. The topological polar surface area (TPSA) is 50.4 Å². The fourth-order valence-electron chi connectivity index (χ4n) is 1.84. The molecule has 0 bridgehead atoms. The van der Waals surface area contributed by atoms with Crippen molar-refractivity contribution in [3.63, 3.8) is 0 Å². The molecule has 0 aromatic carbocycles. The van der Waals surface area contributed by atoms with Crippen LogP contribution in [0, 0.1) is 5.92 Å². The lowest BCUT2D eigenvalue weighted by Gasteiger charge is -2.11. The lowest BCUT2D eigenvalue weighted by molar-refractivity contribution is -0.121. The van der Waals surface area contributed by atoms with Crippen LogP contribution in [0.2, 0.25) is 0 Å². The van der Waals surface area contributed by atoms with E-state index in [1.807, 2.05) is 0 Å². The van der Waals surface area contributed by atoms with Crippen LogP contribution in [0.1, 0.15) is 39.5 Å². The molecule has 4 nitrogen and oxygen atoms in total. The molecule has 1 heterocycles. The molecule has 0 radical (unpaired) electrons. The fraction of sp³-hybridized carbons (Fsp3) is 0.923. The van der Waals surface area contributed by atoms with Crippen LogP contribution in [-0.4, -0.2) is 38.3 Å². The maximum Gasteiger partial charge on any atom is 0.221 e. The molecule has 0 aromatic rings. The highest BCUT2D eigenvalue weighted by Gasteiger charge is 2.15. The molecule has 100 valence electrons. The van der Waals surface area contributed by atoms with Gasteiger partial charge >= 0.3 is 0 Å². The number of carbonyl (C=O) groups is 1. The van der Waals surface area contributed by atoms with E-state index in [0.29, 0.717) is 13.0 Å². The van der Waals surface area contributed by atoms with E-state index >= 15 is 0 Å². The Balaban J connectivity index is 1.90. The van der Waals surface area contributed by atoms with Crippen molar-refractivity contribution in [2.45, 2.75) is 45.6 Å². The molecule has 1 rings (SSSR count). The Bertz CT molecular complexity index is 213. The van der Waals surface area contributed by atoms with Gasteiger partial charge in [-0.3, -0.25) is 4.79 Å². The van der Waals surface area contributed by atoms with Crippen LogP contribution in [0.3, 0.4) is 0 Å². The Labute approximate surface area is 104 Å². The number of nitrogens with one attached hydrogen (secondary N) is 2. The van der Waals surface area contributed by atoms with Crippen molar-refractivity contribution in [1.82, 2.24) is 10.6 Å². The van der Waals surface area contributed by atoms with E-state index < -0.39 is 0 Å². The Hall–Kier alpha value is -0.610. The summed E-state index contributed by atoms with van der Waals surface area (Å²) in [7, 11) is 0. The van der Waals surface area contributed by atoms with Gasteiger partial charge in [0.15, 0.2) is 0 Å². The van der Waals surface area contributed by atoms with E-state index in [1.54, 1.807) is 0 Å². The van der Waals surface area contributed by atoms with Crippen LogP contribution >= 0.6 is 0 Å². The first-order valence-electron chi connectivity index (χ1n) is 6.77. The second-order valence-corrected chi connectivity index (χ2v) is 5.12. The van der Waals surface area contributed by atoms with Crippen molar-refractivity contribution in [2.24, 2.45) is 5.92 Å². The summed E-state index contributed by atoms with van der Waals surface area (Å²) in [5.41, 5.74) is 0. The lowest BCUT2D eigenvalue weighted by Crippen LogP contribution is -2.33. The Morgan fingerprint density at radius 2 is 2.24 bits per heavy atom. The zero-order valence-electron chi connectivity index (χ0n) is 11.1. The van der Waals surface area contributed by atoms with Crippen molar-refractivity contribution in [3.05, 3.63) is 0 Å². The van der Waals surface area contributed by atoms with Crippen LogP contribution in [0.5, 0.6) is 0 Å². The number of carbonyl (C=O) groups excluding carboxylic acids is 1. The Morgan fingerprint density at radius 3 is 2.88 bits per heavy atom. The quantitative estimate of drug-likeness (QED) is 0.631. The molecule has 2 N–H and O–H groups in total. The predicted octanol–water partition coefficient (Wildman–Crippen LogP) is 1.31. The molecule has 4 heteroatoms. The molecule has 17 heavy (non-hydrogen) atoms. The zero-order valence-corrected chi connectivity index (χ0v) is 11.1. The van der Waals surface area contributed by atoms with Crippen LogP contribution in [0.4, 0.5) is 0 Å². The van der Waals surface area contributed by atoms with Crippen LogP contribution in [0.25, 0.3) is 0 Å². The number of ether oxygens (including phenoxy) is 1. The molecule has 0 spiro atoms. The summed E-state index contributed by atoms with van der Waals surface area (Å²) in [5, 5.41) is 6.20. The van der Waals surface area contributed by atoms with Gasteiger partial charge in [0.2, 0.25) is 5.91 Å². The van der Waals surface area contributed by atoms with Crippen molar-refractivity contribution in [3.8, 4) is 0 Å². The van der Waals surface area contributed by atoms with Crippen LogP contribution in [-0.2, 0) is 9.53 Å². The summed E-state index contributed by atoms with van der Waals surface area (Å²) in [6.45, 7) is 7.69. The monoisotopic (exact) mass is 242 g/mol. The van der Waals surface area contributed by atoms with E-state index in [1.165, 1.54) is 0 Å². The highest BCUT2D eigenvalue weighted by molar-refractivity contribution is 5.76. The Morgan fingerprint density at radius 1 is 1.41 bits per heavy atom. The van der Waals surface area contributed by atoms with Gasteiger partial charge in [0.25, 0.3) is 0 Å². The second-order valence-electron chi connectivity index (χ2n) is 5.12.